The standard InChI is InChI=1S/C16H30N2O/c17-12-16(10-4-1-5-11-16)13-18-15(19)9-8-14-6-2-3-7-14/h14H,1-13,17H2,(H,18,19). The van der Waals surface area contributed by atoms with E-state index in [4.69, 9.17) is 5.73 Å². The van der Waals surface area contributed by atoms with Gasteiger partial charge in [0, 0.05) is 13.0 Å². The molecule has 3 nitrogen and oxygen atoms in total. The van der Waals surface area contributed by atoms with Crippen molar-refractivity contribution in [2.24, 2.45) is 17.1 Å². The van der Waals surface area contributed by atoms with Gasteiger partial charge in [-0.15, -0.1) is 0 Å². The van der Waals surface area contributed by atoms with Crippen molar-refractivity contribution in [2.45, 2.75) is 70.6 Å². The second-order valence-corrected chi connectivity index (χ2v) is 6.73. The molecule has 0 aromatic heterocycles. The van der Waals surface area contributed by atoms with Crippen LogP contribution in [0.2, 0.25) is 0 Å². The molecule has 0 atom stereocenters. The van der Waals surface area contributed by atoms with Crippen LogP contribution in [0.15, 0.2) is 0 Å². The average molecular weight is 266 g/mol. The summed E-state index contributed by atoms with van der Waals surface area (Å²) in [7, 11) is 0. The van der Waals surface area contributed by atoms with E-state index in [1.165, 1.54) is 57.8 Å². The first kappa shape index (κ1) is 14.8. The molecule has 0 saturated heterocycles. The van der Waals surface area contributed by atoms with Crippen LogP contribution in [0.5, 0.6) is 0 Å². The molecule has 2 aliphatic rings. The summed E-state index contributed by atoms with van der Waals surface area (Å²) in [4.78, 5) is 11.9. The monoisotopic (exact) mass is 266 g/mol. The summed E-state index contributed by atoms with van der Waals surface area (Å²) in [5.74, 6) is 1.05. The van der Waals surface area contributed by atoms with E-state index in [-0.39, 0.29) is 11.3 Å². The van der Waals surface area contributed by atoms with Crippen molar-refractivity contribution in [3.63, 3.8) is 0 Å². The highest BCUT2D eigenvalue weighted by Gasteiger charge is 2.30. The predicted molar refractivity (Wildman–Crippen MR) is 78.8 cm³/mol. The Labute approximate surface area is 117 Å². The number of hydrogen-bond acceptors (Lipinski definition) is 2. The van der Waals surface area contributed by atoms with Gasteiger partial charge < -0.3 is 11.1 Å². The molecule has 2 aliphatic carbocycles. The molecule has 0 heterocycles. The molecular weight excluding hydrogens is 236 g/mol. The van der Waals surface area contributed by atoms with Gasteiger partial charge in [0.25, 0.3) is 0 Å². The molecule has 0 spiro atoms. The Kier molecular flexibility index (Phi) is 5.68. The third-order valence-electron chi connectivity index (χ3n) is 5.26. The van der Waals surface area contributed by atoms with Gasteiger partial charge in [-0.25, -0.2) is 0 Å². The number of nitrogens with one attached hydrogen (secondary N) is 1. The van der Waals surface area contributed by atoms with Gasteiger partial charge in [-0.1, -0.05) is 44.9 Å². The van der Waals surface area contributed by atoms with E-state index in [0.717, 1.165) is 25.4 Å². The number of carbonyl (C=O) groups is 1. The molecule has 0 radical (unpaired) electrons. The molecule has 0 bridgehead atoms. The molecule has 0 aromatic rings. The van der Waals surface area contributed by atoms with Gasteiger partial charge in [0.1, 0.15) is 0 Å². The van der Waals surface area contributed by atoms with Crippen LogP contribution in [-0.4, -0.2) is 19.0 Å². The Morgan fingerprint density at radius 3 is 2.42 bits per heavy atom. The lowest BCUT2D eigenvalue weighted by atomic mass is 9.74. The number of rotatable bonds is 6. The molecule has 0 aliphatic heterocycles. The van der Waals surface area contributed by atoms with Crippen molar-refractivity contribution in [1.29, 1.82) is 0 Å². The van der Waals surface area contributed by atoms with Gasteiger partial charge in [0.15, 0.2) is 0 Å². The lowest BCUT2D eigenvalue weighted by Gasteiger charge is -2.36. The average Bonchev–Trinajstić information content (AvgIpc) is 2.97. The lowest BCUT2D eigenvalue weighted by molar-refractivity contribution is -0.122. The first-order valence-corrected chi connectivity index (χ1v) is 8.21. The fourth-order valence-corrected chi connectivity index (χ4v) is 3.76. The van der Waals surface area contributed by atoms with Gasteiger partial charge in [-0.3, -0.25) is 4.79 Å². The summed E-state index contributed by atoms with van der Waals surface area (Å²) in [6, 6.07) is 0. The fourth-order valence-electron chi connectivity index (χ4n) is 3.76. The van der Waals surface area contributed by atoms with E-state index in [1.54, 1.807) is 0 Å². The summed E-state index contributed by atoms with van der Waals surface area (Å²) in [5, 5.41) is 3.15. The van der Waals surface area contributed by atoms with E-state index in [0.29, 0.717) is 6.42 Å². The molecule has 1 amide bonds. The molecule has 2 fully saturated rings. The zero-order valence-electron chi connectivity index (χ0n) is 12.3. The lowest BCUT2D eigenvalue weighted by Crippen LogP contribution is -2.43. The second kappa shape index (κ2) is 7.28. The quantitative estimate of drug-likeness (QED) is 0.776. The SMILES string of the molecule is NCC1(CNC(=O)CCC2CCCC2)CCCCC1. The maximum atomic E-state index is 11.9. The smallest absolute Gasteiger partial charge is 0.220 e. The summed E-state index contributed by atoms with van der Waals surface area (Å²) < 4.78 is 0. The molecular formula is C16H30N2O. The molecule has 19 heavy (non-hydrogen) atoms. The number of nitrogens with two attached hydrogens (primary N) is 1. The van der Waals surface area contributed by atoms with Crippen LogP contribution in [-0.2, 0) is 4.79 Å². The molecule has 0 aromatic carbocycles. The molecule has 0 unspecified atom stereocenters. The molecule has 2 rings (SSSR count). The van der Waals surface area contributed by atoms with Crippen molar-refractivity contribution in [1.82, 2.24) is 5.32 Å². The number of amides is 1. The predicted octanol–water partition coefficient (Wildman–Crippen LogP) is 2.98. The van der Waals surface area contributed by atoms with E-state index in [9.17, 15) is 4.79 Å². The van der Waals surface area contributed by atoms with Crippen molar-refractivity contribution in [3.8, 4) is 0 Å². The highest BCUT2D eigenvalue weighted by atomic mass is 16.1. The van der Waals surface area contributed by atoms with Crippen LogP contribution < -0.4 is 11.1 Å². The zero-order valence-corrected chi connectivity index (χ0v) is 12.3. The zero-order chi connectivity index (χ0) is 13.6. The van der Waals surface area contributed by atoms with Gasteiger partial charge in [0.05, 0.1) is 0 Å². The van der Waals surface area contributed by atoms with E-state index < -0.39 is 0 Å². The van der Waals surface area contributed by atoms with Crippen LogP contribution in [0.3, 0.4) is 0 Å². The van der Waals surface area contributed by atoms with Crippen molar-refractivity contribution >= 4 is 5.91 Å². The Morgan fingerprint density at radius 2 is 1.79 bits per heavy atom. The summed E-state index contributed by atoms with van der Waals surface area (Å²) in [6.45, 7) is 1.52. The van der Waals surface area contributed by atoms with Crippen LogP contribution >= 0.6 is 0 Å². The molecule has 2 saturated carbocycles. The number of carbonyl (C=O) groups excluding carboxylic acids is 1. The van der Waals surface area contributed by atoms with Crippen molar-refractivity contribution in [3.05, 3.63) is 0 Å². The van der Waals surface area contributed by atoms with Crippen molar-refractivity contribution in [2.75, 3.05) is 13.1 Å². The summed E-state index contributed by atoms with van der Waals surface area (Å²) in [6.07, 6.45) is 13.4. The minimum atomic E-state index is 0.196. The molecule has 3 heteroatoms. The van der Waals surface area contributed by atoms with Gasteiger partial charge >= 0.3 is 0 Å². The topological polar surface area (TPSA) is 55.1 Å². The third-order valence-corrected chi connectivity index (χ3v) is 5.26. The Bertz CT molecular complexity index is 278. The van der Waals surface area contributed by atoms with Gasteiger partial charge in [-0.2, -0.15) is 0 Å². The van der Waals surface area contributed by atoms with Crippen LogP contribution in [0, 0.1) is 11.3 Å². The fraction of sp³-hybridized carbons (Fsp3) is 0.938. The summed E-state index contributed by atoms with van der Waals surface area (Å²) >= 11 is 0. The minimum absolute atomic E-state index is 0.196. The first-order valence-electron chi connectivity index (χ1n) is 8.21. The van der Waals surface area contributed by atoms with Crippen LogP contribution in [0.25, 0.3) is 0 Å². The van der Waals surface area contributed by atoms with Gasteiger partial charge in [0.2, 0.25) is 5.91 Å². The minimum Gasteiger partial charge on any atom is -0.355 e. The highest BCUT2D eigenvalue weighted by molar-refractivity contribution is 5.75. The highest BCUT2D eigenvalue weighted by Crippen LogP contribution is 2.34. The largest absolute Gasteiger partial charge is 0.355 e. The van der Waals surface area contributed by atoms with Crippen molar-refractivity contribution < 1.29 is 4.79 Å². The van der Waals surface area contributed by atoms with E-state index >= 15 is 0 Å². The first-order chi connectivity index (χ1) is 9.24. The Balaban J connectivity index is 1.66. The third kappa shape index (κ3) is 4.48. The molecule has 3 N–H and O–H groups in total. The maximum absolute atomic E-state index is 11.9. The number of hydrogen-bond donors (Lipinski definition) is 2. The molecule has 110 valence electrons. The van der Waals surface area contributed by atoms with Gasteiger partial charge in [-0.05, 0) is 37.1 Å². The Morgan fingerprint density at radius 1 is 1.11 bits per heavy atom. The van der Waals surface area contributed by atoms with E-state index in [1.807, 2.05) is 0 Å². The van der Waals surface area contributed by atoms with Crippen LogP contribution in [0.1, 0.15) is 70.6 Å². The van der Waals surface area contributed by atoms with E-state index in [2.05, 4.69) is 5.32 Å². The summed E-state index contributed by atoms with van der Waals surface area (Å²) in [5.41, 5.74) is 6.14. The maximum Gasteiger partial charge on any atom is 0.220 e. The Hall–Kier alpha value is -0.570. The second-order valence-electron chi connectivity index (χ2n) is 6.73. The normalized spacial score (nSPS) is 23.4. The van der Waals surface area contributed by atoms with Crippen LogP contribution in [0.4, 0.5) is 0 Å².